The van der Waals surface area contributed by atoms with Crippen LogP contribution in [0.4, 0.5) is 0 Å². The summed E-state index contributed by atoms with van der Waals surface area (Å²) in [5.74, 6) is 2.05. The molecule has 1 aliphatic carbocycles. The maximum absolute atomic E-state index is 11.5. The molecule has 5 nitrogen and oxygen atoms in total. The topological polar surface area (TPSA) is 74.4 Å². The molecule has 0 amide bonds. The Morgan fingerprint density at radius 2 is 0.820 bits per heavy atom. The van der Waals surface area contributed by atoms with Crippen LogP contribution < -0.4 is 0 Å². The molecule has 3 aliphatic rings. The first kappa shape index (κ1) is 29.3. The van der Waals surface area contributed by atoms with Gasteiger partial charge in [0.25, 0.3) is 0 Å². The summed E-state index contributed by atoms with van der Waals surface area (Å²) in [5.41, 5.74) is 16.0. The third-order valence-electron chi connectivity index (χ3n) is 9.37. The molecule has 8 bridgehead atoms. The van der Waals surface area contributed by atoms with E-state index in [1.54, 1.807) is 0 Å². The number of fused-ring (bicyclic) bond motifs is 8. The van der Waals surface area contributed by atoms with Gasteiger partial charge < -0.3 is 9.97 Å². The van der Waals surface area contributed by atoms with E-state index >= 15 is 0 Å². The van der Waals surface area contributed by atoms with E-state index in [0.29, 0.717) is 12.0 Å². The highest BCUT2D eigenvalue weighted by Gasteiger charge is 2.19. The first-order valence-corrected chi connectivity index (χ1v) is 16.7. The summed E-state index contributed by atoms with van der Waals surface area (Å²) in [6.07, 6.45) is 14.8. The maximum Gasteiger partial charge on any atom is 0.128 e. The lowest BCUT2D eigenvalue weighted by Crippen LogP contribution is -1.94. The molecule has 0 radical (unpaired) electrons. The molecule has 5 heterocycles. The molecule has 0 atom stereocenters. The van der Waals surface area contributed by atoms with Gasteiger partial charge in [0.05, 0.1) is 22.8 Å². The van der Waals surface area contributed by atoms with Gasteiger partial charge in [-0.15, -0.1) is 0 Å². The second-order valence-electron chi connectivity index (χ2n) is 12.4. The number of nitrogens with zero attached hydrogens (tertiary/aromatic N) is 2. The SMILES string of the molecule is O=C=C1C=CC(c2c3nc(c(-c4ccccc4)c4ccc([nH]4)c(-c4ccccc4)c4nc(c(-c5ccccc5)c5ccc2[nH]5)C=C4)C=C3)=CC1. The number of aromatic nitrogens is 4. The molecule has 3 aromatic heterocycles. The normalized spacial score (nSPS) is 13.4. The van der Waals surface area contributed by atoms with E-state index in [1.807, 2.05) is 30.4 Å². The molecule has 50 heavy (non-hydrogen) atoms. The Labute approximate surface area is 289 Å². The van der Waals surface area contributed by atoms with Gasteiger partial charge in [0.2, 0.25) is 0 Å². The van der Waals surface area contributed by atoms with Crippen molar-refractivity contribution in [2.75, 3.05) is 0 Å². The number of nitrogens with one attached hydrogen (secondary N) is 2. The predicted molar refractivity (Wildman–Crippen MR) is 206 cm³/mol. The molecule has 3 aromatic carbocycles. The highest BCUT2D eigenvalue weighted by Crippen LogP contribution is 2.38. The van der Waals surface area contributed by atoms with Crippen molar-refractivity contribution in [3.8, 4) is 33.4 Å². The molecule has 9 rings (SSSR count). The second kappa shape index (κ2) is 12.3. The minimum atomic E-state index is 0.508. The van der Waals surface area contributed by atoms with Gasteiger partial charge in [0, 0.05) is 56.3 Å². The molecule has 0 saturated carbocycles. The molecule has 0 unspecified atom stereocenters. The minimum absolute atomic E-state index is 0.508. The molecule has 6 aromatic rings. The van der Waals surface area contributed by atoms with Crippen LogP contribution in [0.15, 0.2) is 139 Å². The van der Waals surface area contributed by atoms with E-state index < -0.39 is 0 Å². The molecular formula is C45H30N4O. The number of H-pyrrole nitrogens is 2. The van der Waals surface area contributed by atoms with Gasteiger partial charge in [-0.25, -0.2) is 14.8 Å². The number of aromatic amines is 2. The largest absolute Gasteiger partial charge is 0.354 e. The van der Waals surface area contributed by atoms with Crippen molar-refractivity contribution in [2.24, 2.45) is 0 Å². The van der Waals surface area contributed by atoms with Gasteiger partial charge in [-0.1, -0.05) is 103 Å². The quantitative estimate of drug-likeness (QED) is 0.188. The second-order valence-corrected chi connectivity index (χ2v) is 12.4. The van der Waals surface area contributed by atoms with Crippen molar-refractivity contribution in [3.63, 3.8) is 0 Å². The molecule has 0 saturated heterocycles. The van der Waals surface area contributed by atoms with Crippen LogP contribution in [0.2, 0.25) is 0 Å². The number of hydrogen-bond donors (Lipinski definition) is 2. The highest BCUT2D eigenvalue weighted by molar-refractivity contribution is 5.99. The van der Waals surface area contributed by atoms with Crippen LogP contribution in [-0.4, -0.2) is 25.9 Å². The average molecular weight is 643 g/mol. The van der Waals surface area contributed by atoms with Crippen LogP contribution in [-0.2, 0) is 4.79 Å². The first-order chi connectivity index (χ1) is 24.7. The lowest BCUT2D eigenvalue weighted by Gasteiger charge is -2.10. The fourth-order valence-electron chi connectivity index (χ4n) is 7.04. The van der Waals surface area contributed by atoms with E-state index in [2.05, 4.69) is 143 Å². The van der Waals surface area contributed by atoms with E-state index in [4.69, 9.17) is 9.97 Å². The van der Waals surface area contributed by atoms with Crippen LogP contribution in [0.1, 0.15) is 34.8 Å². The van der Waals surface area contributed by atoms with Crippen molar-refractivity contribution in [1.82, 2.24) is 19.9 Å². The monoisotopic (exact) mass is 642 g/mol. The number of carbonyl (C=O) groups excluding carboxylic acids is 1. The molecule has 2 N–H and O–H groups in total. The summed E-state index contributed by atoms with van der Waals surface area (Å²) in [6.45, 7) is 0. The van der Waals surface area contributed by atoms with Crippen LogP contribution in [0.25, 0.3) is 85.3 Å². The minimum Gasteiger partial charge on any atom is -0.354 e. The van der Waals surface area contributed by atoms with E-state index in [-0.39, 0.29) is 0 Å². The van der Waals surface area contributed by atoms with Crippen molar-refractivity contribution < 1.29 is 4.79 Å². The Morgan fingerprint density at radius 1 is 0.440 bits per heavy atom. The zero-order valence-electron chi connectivity index (χ0n) is 27.0. The van der Waals surface area contributed by atoms with Crippen molar-refractivity contribution in [2.45, 2.75) is 6.42 Å². The summed E-state index contributed by atoms with van der Waals surface area (Å²) in [7, 11) is 0. The summed E-state index contributed by atoms with van der Waals surface area (Å²) < 4.78 is 0. The summed E-state index contributed by atoms with van der Waals surface area (Å²) in [5, 5.41) is 0. The zero-order valence-corrected chi connectivity index (χ0v) is 27.0. The Kier molecular flexibility index (Phi) is 7.24. The van der Waals surface area contributed by atoms with Crippen LogP contribution >= 0.6 is 0 Å². The summed E-state index contributed by atoms with van der Waals surface area (Å²) in [4.78, 5) is 29.7. The van der Waals surface area contributed by atoms with Gasteiger partial charge in [0.1, 0.15) is 5.94 Å². The Hall–Kier alpha value is -6.81. The molecule has 2 aliphatic heterocycles. The fourth-order valence-corrected chi connectivity index (χ4v) is 7.04. The molecular weight excluding hydrogens is 613 g/mol. The predicted octanol–water partition coefficient (Wildman–Crippen LogP) is 10.8. The average Bonchev–Trinajstić information content (AvgIpc) is 4.01. The van der Waals surface area contributed by atoms with Crippen LogP contribution in [0.5, 0.6) is 0 Å². The maximum atomic E-state index is 11.5. The highest BCUT2D eigenvalue weighted by atomic mass is 16.1. The van der Waals surface area contributed by atoms with Gasteiger partial charge in [0.15, 0.2) is 0 Å². The standard InChI is InChI=1S/C45H30N4O/c50-28-29-16-18-33(19-17-29)45-40-26-24-38(48-40)43(31-12-6-2-7-13-31)36-22-20-34(46-36)42(30-10-4-1-5-11-30)35-21-23-37(47-35)44(32-14-8-3-9-15-32)39-25-27-41(45)49-39/h1-16,18-27,46,49H,17H2. The van der Waals surface area contributed by atoms with Gasteiger partial charge in [-0.3, -0.25) is 0 Å². The summed E-state index contributed by atoms with van der Waals surface area (Å²) >= 11 is 0. The number of rotatable bonds is 4. The summed E-state index contributed by atoms with van der Waals surface area (Å²) in [6, 6.07) is 39.7. The van der Waals surface area contributed by atoms with Crippen LogP contribution in [0, 0.1) is 0 Å². The van der Waals surface area contributed by atoms with Crippen molar-refractivity contribution in [1.29, 1.82) is 0 Å². The zero-order chi connectivity index (χ0) is 33.4. The van der Waals surface area contributed by atoms with Crippen molar-refractivity contribution in [3.05, 3.63) is 167 Å². The van der Waals surface area contributed by atoms with E-state index in [1.165, 1.54) is 0 Å². The van der Waals surface area contributed by atoms with Crippen LogP contribution in [0.3, 0.4) is 0 Å². The Balaban J connectivity index is 1.46. The Bertz CT molecular complexity index is 2610. The van der Waals surface area contributed by atoms with Gasteiger partial charge in [-0.05, 0) is 76.9 Å². The van der Waals surface area contributed by atoms with Gasteiger partial charge in [-0.2, -0.15) is 0 Å². The van der Waals surface area contributed by atoms with Gasteiger partial charge >= 0.3 is 0 Å². The van der Waals surface area contributed by atoms with E-state index in [9.17, 15) is 4.79 Å². The number of hydrogen-bond acceptors (Lipinski definition) is 3. The molecule has 236 valence electrons. The molecule has 0 spiro atoms. The molecule has 0 fully saturated rings. The third kappa shape index (κ3) is 5.19. The van der Waals surface area contributed by atoms with E-state index in [0.717, 1.165) is 89.4 Å². The lowest BCUT2D eigenvalue weighted by molar-refractivity contribution is 0.567. The van der Waals surface area contributed by atoms with Crippen molar-refractivity contribution >= 4 is 57.9 Å². The lowest BCUT2D eigenvalue weighted by atomic mass is 9.96. The Morgan fingerprint density at radius 3 is 1.18 bits per heavy atom. The molecule has 5 heteroatoms. The number of allylic oxidation sites excluding steroid dienone is 5. The smallest absolute Gasteiger partial charge is 0.128 e. The number of benzene rings is 3. The third-order valence-corrected chi connectivity index (χ3v) is 9.37. The fraction of sp³-hybridized carbons (Fsp3) is 0.0222. The first-order valence-electron chi connectivity index (χ1n) is 16.7.